The summed E-state index contributed by atoms with van der Waals surface area (Å²) in [6.07, 6.45) is -6.60. The van der Waals surface area contributed by atoms with Crippen molar-refractivity contribution < 1.29 is 42.9 Å². The van der Waals surface area contributed by atoms with Crippen LogP contribution in [0.25, 0.3) is 0 Å². The second kappa shape index (κ2) is 16.2. The van der Waals surface area contributed by atoms with Crippen molar-refractivity contribution in [2.75, 3.05) is 11.9 Å². The van der Waals surface area contributed by atoms with E-state index in [1.54, 1.807) is 146 Å². The van der Waals surface area contributed by atoms with Gasteiger partial charge in [0.05, 0.1) is 22.3 Å². The number of rotatable bonds is 11. The van der Waals surface area contributed by atoms with Crippen LogP contribution in [-0.4, -0.2) is 61.1 Å². The molecule has 10 nitrogen and oxygen atoms in total. The molecule has 6 rings (SSSR count). The molecule has 1 aliphatic rings. The van der Waals surface area contributed by atoms with E-state index in [1.807, 2.05) is 6.07 Å². The Morgan fingerprint density at radius 1 is 0.460 bits per heavy atom. The smallest absolute Gasteiger partial charge is 0.338 e. The highest BCUT2D eigenvalue weighted by molar-refractivity contribution is 5.91. The Hall–Kier alpha value is -6.26. The van der Waals surface area contributed by atoms with E-state index in [4.69, 9.17) is 23.7 Å². The van der Waals surface area contributed by atoms with Gasteiger partial charge in [0.15, 0.2) is 24.5 Å². The number of para-hydroxylation sites is 1. The second-order valence-corrected chi connectivity index (χ2v) is 11.3. The fraction of sp³-hybridized carbons (Fsp3) is 0.150. The molecule has 1 N–H and O–H groups in total. The average molecular weight is 672 g/mol. The summed E-state index contributed by atoms with van der Waals surface area (Å²) in [5, 5.41) is 3.21. The molecule has 0 aliphatic carbocycles. The first kappa shape index (κ1) is 33.6. The van der Waals surface area contributed by atoms with Crippen LogP contribution in [0.2, 0.25) is 0 Å². The Bertz CT molecular complexity index is 1870. The highest BCUT2D eigenvalue weighted by Gasteiger charge is 2.53. The molecule has 1 fully saturated rings. The molecule has 5 aromatic rings. The first-order valence-corrected chi connectivity index (χ1v) is 15.9. The van der Waals surface area contributed by atoms with Gasteiger partial charge in [-0.1, -0.05) is 91.0 Å². The number of hydrogen-bond acceptors (Lipinski definition) is 10. The maximum absolute atomic E-state index is 13.7. The van der Waals surface area contributed by atoms with Gasteiger partial charge in [0.2, 0.25) is 0 Å². The molecule has 1 aliphatic heterocycles. The first-order chi connectivity index (χ1) is 24.5. The summed E-state index contributed by atoms with van der Waals surface area (Å²) in [5.41, 5.74) is 1.53. The highest BCUT2D eigenvalue weighted by atomic mass is 16.7. The van der Waals surface area contributed by atoms with Crippen LogP contribution >= 0.6 is 0 Å². The third-order valence-electron chi connectivity index (χ3n) is 7.86. The summed E-state index contributed by atoms with van der Waals surface area (Å²) in [6.45, 7) is -0.411. The third-order valence-corrected chi connectivity index (χ3v) is 7.86. The van der Waals surface area contributed by atoms with E-state index in [9.17, 15) is 19.2 Å². The van der Waals surface area contributed by atoms with Gasteiger partial charge in [-0.05, 0) is 60.7 Å². The zero-order chi connectivity index (χ0) is 34.7. The maximum Gasteiger partial charge on any atom is 0.338 e. The number of carbonyl (C=O) groups is 4. The maximum atomic E-state index is 13.7. The van der Waals surface area contributed by atoms with Crippen molar-refractivity contribution in [3.63, 3.8) is 0 Å². The fourth-order valence-electron chi connectivity index (χ4n) is 5.38. The predicted octanol–water partition coefficient (Wildman–Crippen LogP) is 6.36. The van der Waals surface area contributed by atoms with Crippen molar-refractivity contribution in [2.45, 2.75) is 30.6 Å². The zero-order valence-corrected chi connectivity index (χ0v) is 26.7. The van der Waals surface area contributed by atoms with E-state index in [0.717, 1.165) is 0 Å². The lowest BCUT2D eigenvalue weighted by Crippen LogP contribution is -2.64. The molecule has 0 spiro atoms. The van der Waals surface area contributed by atoms with Gasteiger partial charge in [-0.25, -0.2) is 19.2 Å². The minimum absolute atomic E-state index is 0.208. The molecule has 1 saturated heterocycles. The number of ether oxygens (including phenoxy) is 5. The SMILES string of the molecule is O=C(OC[C@H]1O[C@H](Nc2ccccc2)[C@H](OC(=O)c2ccccc2)[C@@H](OC(=O)c2ccccc2)[C@@H]1OC(=O)c1ccccc1)c1ccccc1. The number of nitrogens with one attached hydrogen (secondary N) is 1. The van der Waals surface area contributed by atoms with Gasteiger partial charge in [0, 0.05) is 5.69 Å². The molecule has 0 unspecified atom stereocenters. The Balaban J connectivity index is 1.41. The van der Waals surface area contributed by atoms with Gasteiger partial charge < -0.3 is 29.0 Å². The minimum Gasteiger partial charge on any atom is -0.459 e. The number of benzene rings is 5. The van der Waals surface area contributed by atoms with Gasteiger partial charge >= 0.3 is 23.9 Å². The molecule has 0 saturated carbocycles. The molecule has 0 radical (unpaired) electrons. The van der Waals surface area contributed by atoms with Crippen LogP contribution in [0.4, 0.5) is 5.69 Å². The quantitative estimate of drug-likeness (QED) is 0.125. The van der Waals surface area contributed by atoms with Crippen molar-refractivity contribution in [3.05, 3.63) is 174 Å². The third kappa shape index (κ3) is 8.41. The van der Waals surface area contributed by atoms with Gasteiger partial charge in [-0.3, -0.25) is 0 Å². The summed E-state index contributed by atoms with van der Waals surface area (Å²) < 4.78 is 30.4. The summed E-state index contributed by atoms with van der Waals surface area (Å²) in [6, 6.07) is 42.0. The Kier molecular flexibility index (Phi) is 10.9. The van der Waals surface area contributed by atoms with E-state index < -0.39 is 61.1 Å². The predicted molar refractivity (Wildman–Crippen MR) is 182 cm³/mol. The van der Waals surface area contributed by atoms with Gasteiger partial charge in [0.25, 0.3) is 0 Å². The average Bonchev–Trinajstić information content (AvgIpc) is 3.17. The lowest BCUT2D eigenvalue weighted by molar-refractivity contribution is -0.222. The Morgan fingerprint density at radius 2 is 0.820 bits per heavy atom. The van der Waals surface area contributed by atoms with Crippen molar-refractivity contribution in [3.8, 4) is 0 Å². The van der Waals surface area contributed by atoms with Crippen LogP contribution in [0.15, 0.2) is 152 Å². The molecule has 5 aromatic carbocycles. The molecular formula is C40H33NO9. The van der Waals surface area contributed by atoms with Gasteiger partial charge in [-0.2, -0.15) is 0 Å². The van der Waals surface area contributed by atoms with Crippen LogP contribution in [0, 0.1) is 0 Å². The number of anilines is 1. The summed E-state index contributed by atoms with van der Waals surface area (Å²) in [4.78, 5) is 53.9. The topological polar surface area (TPSA) is 126 Å². The Morgan fingerprint density at radius 3 is 1.26 bits per heavy atom. The van der Waals surface area contributed by atoms with Crippen molar-refractivity contribution >= 4 is 29.6 Å². The van der Waals surface area contributed by atoms with Crippen LogP contribution < -0.4 is 5.32 Å². The van der Waals surface area contributed by atoms with E-state index in [-0.39, 0.29) is 16.7 Å². The van der Waals surface area contributed by atoms with Crippen molar-refractivity contribution in [2.24, 2.45) is 0 Å². The second-order valence-electron chi connectivity index (χ2n) is 11.3. The Labute approximate surface area is 288 Å². The first-order valence-electron chi connectivity index (χ1n) is 15.9. The van der Waals surface area contributed by atoms with E-state index in [0.29, 0.717) is 11.3 Å². The van der Waals surface area contributed by atoms with Crippen LogP contribution in [0.1, 0.15) is 41.4 Å². The van der Waals surface area contributed by atoms with Crippen molar-refractivity contribution in [1.29, 1.82) is 0 Å². The number of esters is 4. The van der Waals surface area contributed by atoms with Crippen LogP contribution in [0.5, 0.6) is 0 Å². The molecule has 0 amide bonds. The number of carbonyl (C=O) groups excluding carboxylic acids is 4. The molecule has 0 aromatic heterocycles. The van der Waals surface area contributed by atoms with Gasteiger partial charge in [-0.15, -0.1) is 0 Å². The fourth-order valence-corrected chi connectivity index (χ4v) is 5.38. The van der Waals surface area contributed by atoms with Gasteiger partial charge in [0.1, 0.15) is 12.7 Å². The lowest BCUT2D eigenvalue weighted by Gasteiger charge is -2.45. The summed E-state index contributed by atoms with van der Waals surface area (Å²) in [5.74, 6) is -2.91. The molecule has 10 heteroatoms. The molecule has 0 bridgehead atoms. The molecule has 1 heterocycles. The number of hydrogen-bond donors (Lipinski definition) is 1. The van der Waals surface area contributed by atoms with E-state index in [2.05, 4.69) is 5.32 Å². The molecule has 5 atom stereocenters. The standard InChI is InChI=1S/C40H33NO9/c42-37(27-16-6-1-7-17-27)46-26-32-33(48-38(43)28-18-8-2-9-19-28)34(49-39(44)29-20-10-3-11-21-29)35(50-40(45)30-22-12-4-13-23-30)36(47-32)41-31-24-14-5-15-25-31/h1-25,32-36,41H,26H2/t32-,33-,34+,35-,36+/m1/s1. The largest absolute Gasteiger partial charge is 0.459 e. The summed E-state index contributed by atoms with van der Waals surface area (Å²) in [7, 11) is 0. The molecule has 252 valence electrons. The normalized spacial score (nSPS) is 19.7. The van der Waals surface area contributed by atoms with E-state index in [1.165, 1.54) is 0 Å². The zero-order valence-electron chi connectivity index (χ0n) is 26.7. The highest BCUT2D eigenvalue weighted by Crippen LogP contribution is 2.32. The molecular weight excluding hydrogens is 638 g/mol. The summed E-state index contributed by atoms with van der Waals surface area (Å²) >= 11 is 0. The van der Waals surface area contributed by atoms with E-state index >= 15 is 0 Å². The van der Waals surface area contributed by atoms with Crippen molar-refractivity contribution in [1.82, 2.24) is 0 Å². The molecule has 50 heavy (non-hydrogen) atoms. The van der Waals surface area contributed by atoms with Crippen LogP contribution in [0.3, 0.4) is 0 Å². The minimum atomic E-state index is -1.45. The van der Waals surface area contributed by atoms with Crippen LogP contribution in [-0.2, 0) is 23.7 Å². The monoisotopic (exact) mass is 671 g/mol. The lowest BCUT2D eigenvalue weighted by atomic mass is 9.96.